The van der Waals surface area contributed by atoms with Crippen molar-refractivity contribution in [2.45, 2.75) is 31.7 Å². The summed E-state index contributed by atoms with van der Waals surface area (Å²) in [5.74, 6) is 0.0932. The van der Waals surface area contributed by atoms with Crippen LogP contribution in [-0.2, 0) is 9.59 Å². The van der Waals surface area contributed by atoms with Crippen LogP contribution in [0.1, 0.15) is 25.7 Å². The van der Waals surface area contributed by atoms with Crippen molar-refractivity contribution < 1.29 is 9.59 Å². The van der Waals surface area contributed by atoms with E-state index in [0.29, 0.717) is 0 Å². The number of halogens is 1. The van der Waals surface area contributed by atoms with Crippen molar-refractivity contribution in [3.8, 4) is 0 Å². The molecule has 23 heavy (non-hydrogen) atoms. The van der Waals surface area contributed by atoms with E-state index < -0.39 is 0 Å². The van der Waals surface area contributed by atoms with Crippen LogP contribution in [-0.4, -0.2) is 37.5 Å². The summed E-state index contributed by atoms with van der Waals surface area (Å²) in [6.45, 7) is 2.49. The van der Waals surface area contributed by atoms with Gasteiger partial charge in [0.15, 0.2) is 0 Å². The molecular weight excluding hydrogens is 314 g/mol. The van der Waals surface area contributed by atoms with Crippen molar-refractivity contribution >= 4 is 29.9 Å². The molecule has 5 nitrogen and oxygen atoms in total. The Labute approximate surface area is 143 Å². The summed E-state index contributed by atoms with van der Waals surface area (Å²) in [7, 11) is 0. The summed E-state index contributed by atoms with van der Waals surface area (Å²) in [4.78, 5) is 26.8. The normalized spacial score (nSPS) is 22.3. The van der Waals surface area contributed by atoms with Gasteiger partial charge in [-0.1, -0.05) is 18.2 Å². The largest absolute Gasteiger partial charge is 0.344 e. The molecule has 2 aliphatic rings. The minimum atomic E-state index is -0.378. The molecule has 0 bridgehead atoms. The molecule has 0 radical (unpaired) electrons. The van der Waals surface area contributed by atoms with Crippen molar-refractivity contribution in [2.24, 2.45) is 5.92 Å². The van der Waals surface area contributed by atoms with Gasteiger partial charge in [0.2, 0.25) is 11.8 Å². The number of nitrogens with one attached hydrogen (secondary N) is 2. The molecule has 0 aliphatic carbocycles. The number of para-hydroxylation sites is 1. The van der Waals surface area contributed by atoms with Gasteiger partial charge in [0.1, 0.15) is 6.04 Å². The van der Waals surface area contributed by atoms with E-state index in [1.54, 1.807) is 4.90 Å². The maximum absolute atomic E-state index is 12.6. The van der Waals surface area contributed by atoms with Crippen LogP contribution in [0.3, 0.4) is 0 Å². The van der Waals surface area contributed by atoms with Gasteiger partial charge in [-0.05, 0) is 50.9 Å². The van der Waals surface area contributed by atoms with E-state index in [1.807, 2.05) is 30.3 Å². The van der Waals surface area contributed by atoms with Crippen molar-refractivity contribution in [3.63, 3.8) is 0 Å². The van der Waals surface area contributed by atoms with Crippen molar-refractivity contribution in [3.05, 3.63) is 30.3 Å². The van der Waals surface area contributed by atoms with Gasteiger partial charge in [0.25, 0.3) is 0 Å². The Bertz CT molecular complexity index is 532. The Kier molecular flexibility index (Phi) is 6.42. The lowest BCUT2D eigenvalue weighted by Crippen LogP contribution is -2.54. The Hall–Kier alpha value is -1.59. The number of amides is 2. The zero-order chi connectivity index (χ0) is 15.4. The van der Waals surface area contributed by atoms with Crippen LogP contribution < -0.4 is 15.5 Å². The third-order valence-electron chi connectivity index (χ3n) is 4.53. The van der Waals surface area contributed by atoms with E-state index in [0.717, 1.165) is 51.0 Å². The quantitative estimate of drug-likeness (QED) is 0.883. The van der Waals surface area contributed by atoms with E-state index >= 15 is 0 Å². The van der Waals surface area contributed by atoms with Gasteiger partial charge in [-0.3, -0.25) is 9.59 Å². The number of anilines is 1. The molecule has 2 N–H and O–H groups in total. The van der Waals surface area contributed by atoms with E-state index in [9.17, 15) is 9.59 Å². The van der Waals surface area contributed by atoms with Gasteiger partial charge < -0.3 is 15.5 Å². The predicted octanol–water partition coefficient (Wildman–Crippen LogP) is 1.72. The number of nitrogens with zero attached hydrogens (tertiary/aromatic N) is 1. The summed E-state index contributed by atoms with van der Waals surface area (Å²) in [6.07, 6.45) is 3.36. The monoisotopic (exact) mass is 337 g/mol. The number of carbonyl (C=O) groups is 2. The van der Waals surface area contributed by atoms with Crippen LogP contribution in [0.2, 0.25) is 0 Å². The fourth-order valence-electron chi connectivity index (χ4n) is 3.25. The van der Waals surface area contributed by atoms with Crippen molar-refractivity contribution in [2.75, 3.05) is 24.5 Å². The van der Waals surface area contributed by atoms with Crippen LogP contribution in [0.15, 0.2) is 30.3 Å². The van der Waals surface area contributed by atoms with Crippen LogP contribution in [0.5, 0.6) is 0 Å². The molecule has 2 aliphatic heterocycles. The Morgan fingerprint density at radius 2 is 1.83 bits per heavy atom. The lowest BCUT2D eigenvalue weighted by atomic mass is 9.96. The second-order valence-electron chi connectivity index (χ2n) is 6.05. The van der Waals surface area contributed by atoms with E-state index in [2.05, 4.69) is 10.6 Å². The maximum atomic E-state index is 12.6. The SMILES string of the molecule is Cl.O=C(NC1CCCN(c2ccccc2)C1=O)C1CCNCC1. The van der Waals surface area contributed by atoms with Gasteiger partial charge in [-0.15, -0.1) is 12.4 Å². The summed E-state index contributed by atoms with van der Waals surface area (Å²) in [5, 5.41) is 6.24. The molecule has 1 unspecified atom stereocenters. The average molecular weight is 338 g/mol. The van der Waals surface area contributed by atoms with Gasteiger partial charge in [0.05, 0.1) is 0 Å². The zero-order valence-electron chi connectivity index (χ0n) is 13.2. The number of hydrogen-bond acceptors (Lipinski definition) is 3. The fraction of sp³-hybridized carbons (Fsp3) is 0.529. The van der Waals surface area contributed by atoms with Crippen LogP contribution in [0, 0.1) is 5.92 Å². The highest BCUT2D eigenvalue weighted by Gasteiger charge is 2.32. The highest BCUT2D eigenvalue weighted by molar-refractivity contribution is 6.00. The third-order valence-corrected chi connectivity index (χ3v) is 4.53. The van der Waals surface area contributed by atoms with Crippen LogP contribution in [0.25, 0.3) is 0 Å². The molecule has 2 heterocycles. The molecule has 2 saturated heterocycles. The maximum Gasteiger partial charge on any atom is 0.249 e. The third kappa shape index (κ3) is 4.24. The highest BCUT2D eigenvalue weighted by Crippen LogP contribution is 2.21. The topological polar surface area (TPSA) is 61.4 Å². The Morgan fingerprint density at radius 1 is 1.13 bits per heavy atom. The molecule has 0 saturated carbocycles. The molecule has 2 fully saturated rings. The van der Waals surface area contributed by atoms with Gasteiger partial charge in [0, 0.05) is 18.2 Å². The summed E-state index contributed by atoms with van der Waals surface area (Å²) in [6, 6.07) is 9.30. The minimum Gasteiger partial charge on any atom is -0.344 e. The molecule has 2 amide bonds. The van der Waals surface area contributed by atoms with Crippen LogP contribution in [0.4, 0.5) is 5.69 Å². The van der Waals surface area contributed by atoms with Crippen molar-refractivity contribution in [1.82, 2.24) is 10.6 Å². The summed E-state index contributed by atoms with van der Waals surface area (Å²) < 4.78 is 0. The zero-order valence-corrected chi connectivity index (χ0v) is 14.0. The second kappa shape index (κ2) is 8.31. The molecule has 0 spiro atoms. The predicted molar refractivity (Wildman–Crippen MR) is 92.8 cm³/mol. The second-order valence-corrected chi connectivity index (χ2v) is 6.05. The standard InChI is InChI=1S/C17H23N3O2.ClH/c21-16(13-8-10-18-11-9-13)19-15-7-4-12-20(17(15)22)14-5-2-1-3-6-14;/h1-3,5-6,13,15,18H,4,7-12H2,(H,19,21);1H. The number of hydrogen-bond donors (Lipinski definition) is 2. The summed E-state index contributed by atoms with van der Waals surface area (Å²) >= 11 is 0. The molecule has 1 aromatic carbocycles. The minimum absolute atomic E-state index is 0. The van der Waals surface area contributed by atoms with Gasteiger partial charge in [-0.2, -0.15) is 0 Å². The highest BCUT2D eigenvalue weighted by atomic mass is 35.5. The van der Waals surface area contributed by atoms with Crippen molar-refractivity contribution in [1.29, 1.82) is 0 Å². The molecular formula is C17H24ClN3O2. The molecule has 3 rings (SSSR count). The molecule has 1 atom stereocenters. The van der Waals surface area contributed by atoms with Crippen LogP contribution >= 0.6 is 12.4 Å². The first kappa shape index (κ1) is 17.8. The first-order chi connectivity index (χ1) is 10.8. The molecule has 126 valence electrons. The Morgan fingerprint density at radius 3 is 2.52 bits per heavy atom. The van der Waals surface area contributed by atoms with E-state index in [4.69, 9.17) is 0 Å². The Balaban J connectivity index is 0.00000192. The number of piperidine rings is 2. The lowest BCUT2D eigenvalue weighted by molar-refractivity contribution is -0.131. The van der Waals surface area contributed by atoms with E-state index in [-0.39, 0.29) is 36.2 Å². The fourth-order valence-corrected chi connectivity index (χ4v) is 3.25. The average Bonchev–Trinajstić information content (AvgIpc) is 2.58. The first-order valence-corrected chi connectivity index (χ1v) is 8.13. The molecule has 0 aromatic heterocycles. The van der Waals surface area contributed by atoms with Gasteiger partial charge >= 0.3 is 0 Å². The number of rotatable bonds is 3. The number of benzene rings is 1. The van der Waals surface area contributed by atoms with E-state index in [1.165, 1.54) is 0 Å². The summed E-state index contributed by atoms with van der Waals surface area (Å²) in [5.41, 5.74) is 0.910. The number of carbonyl (C=O) groups excluding carboxylic acids is 2. The smallest absolute Gasteiger partial charge is 0.249 e. The molecule has 6 heteroatoms. The molecule has 1 aromatic rings. The van der Waals surface area contributed by atoms with Gasteiger partial charge in [-0.25, -0.2) is 0 Å². The lowest BCUT2D eigenvalue weighted by Gasteiger charge is -2.33. The first-order valence-electron chi connectivity index (χ1n) is 8.13.